The lowest BCUT2D eigenvalue weighted by atomic mass is 9.82. The standard InChI is InChI=1S/C18H30N2O4/c1-15(21)23-13-17(9-5-3-6-10-17)19-20-18(14-24-16(2)22)11-7-4-8-12-18/h3-14H2,1-2H3. The molecular formula is C18H30N2O4. The van der Waals surface area contributed by atoms with Crippen LogP contribution in [0.4, 0.5) is 0 Å². The molecule has 0 aliphatic heterocycles. The molecule has 0 aromatic heterocycles. The summed E-state index contributed by atoms with van der Waals surface area (Å²) in [7, 11) is 0. The average Bonchev–Trinajstić information content (AvgIpc) is 2.59. The SMILES string of the molecule is CC(=O)OCC1(N=NC2(COC(C)=O)CCCCC2)CCCCC1. The van der Waals surface area contributed by atoms with Crippen molar-refractivity contribution < 1.29 is 19.1 Å². The molecule has 0 bridgehead atoms. The van der Waals surface area contributed by atoms with Gasteiger partial charge in [-0.3, -0.25) is 9.59 Å². The third kappa shape index (κ3) is 5.56. The first-order valence-corrected chi connectivity index (χ1v) is 9.16. The first-order valence-electron chi connectivity index (χ1n) is 9.16. The van der Waals surface area contributed by atoms with E-state index in [1.807, 2.05) is 0 Å². The Hall–Kier alpha value is -1.46. The van der Waals surface area contributed by atoms with Crippen molar-refractivity contribution in [1.29, 1.82) is 0 Å². The summed E-state index contributed by atoms with van der Waals surface area (Å²) in [4.78, 5) is 22.4. The highest BCUT2D eigenvalue weighted by Crippen LogP contribution is 2.37. The molecule has 2 saturated carbocycles. The molecule has 0 N–H and O–H groups in total. The van der Waals surface area contributed by atoms with Crippen molar-refractivity contribution in [3.05, 3.63) is 0 Å². The molecule has 6 nitrogen and oxygen atoms in total. The van der Waals surface area contributed by atoms with Crippen LogP contribution in [-0.2, 0) is 19.1 Å². The zero-order valence-corrected chi connectivity index (χ0v) is 15.0. The summed E-state index contributed by atoms with van der Waals surface area (Å²) in [6.45, 7) is 3.46. The summed E-state index contributed by atoms with van der Waals surface area (Å²) in [6.07, 6.45) is 10.3. The normalized spacial score (nSPS) is 22.9. The molecule has 2 rings (SSSR count). The van der Waals surface area contributed by atoms with Crippen molar-refractivity contribution in [3.63, 3.8) is 0 Å². The van der Waals surface area contributed by atoms with Crippen LogP contribution in [0, 0.1) is 0 Å². The molecule has 0 aromatic rings. The number of azo groups is 1. The zero-order valence-electron chi connectivity index (χ0n) is 15.0. The van der Waals surface area contributed by atoms with Crippen LogP contribution in [0.15, 0.2) is 10.2 Å². The predicted molar refractivity (Wildman–Crippen MR) is 89.8 cm³/mol. The fraction of sp³-hybridized carbons (Fsp3) is 0.889. The predicted octanol–water partition coefficient (Wildman–Crippen LogP) is 3.97. The third-order valence-electron chi connectivity index (χ3n) is 5.13. The molecule has 0 spiro atoms. The van der Waals surface area contributed by atoms with E-state index in [1.165, 1.54) is 26.7 Å². The number of hydrogen-bond acceptors (Lipinski definition) is 6. The van der Waals surface area contributed by atoms with Gasteiger partial charge in [-0.05, 0) is 25.7 Å². The molecule has 0 radical (unpaired) electrons. The van der Waals surface area contributed by atoms with Gasteiger partial charge in [0, 0.05) is 13.8 Å². The third-order valence-corrected chi connectivity index (χ3v) is 5.13. The Morgan fingerprint density at radius 2 is 1.04 bits per heavy atom. The van der Waals surface area contributed by atoms with E-state index in [-0.39, 0.29) is 11.9 Å². The average molecular weight is 338 g/mol. The van der Waals surface area contributed by atoms with Crippen LogP contribution in [0.3, 0.4) is 0 Å². The monoisotopic (exact) mass is 338 g/mol. The largest absolute Gasteiger partial charge is 0.463 e. The van der Waals surface area contributed by atoms with Crippen molar-refractivity contribution >= 4 is 11.9 Å². The number of ether oxygens (including phenoxy) is 2. The smallest absolute Gasteiger partial charge is 0.302 e. The minimum absolute atomic E-state index is 0.276. The molecule has 0 unspecified atom stereocenters. The highest BCUT2D eigenvalue weighted by atomic mass is 16.5. The molecule has 0 aromatic carbocycles. The summed E-state index contributed by atoms with van der Waals surface area (Å²) >= 11 is 0. The lowest BCUT2D eigenvalue weighted by Crippen LogP contribution is -2.39. The fourth-order valence-electron chi connectivity index (χ4n) is 3.65. The van der Waals surface area contributed by atoms with Crippen molar-refractivity contribution in [1.82, 2.24) is 0 Å². The number of carbonyl (C=O) groups excluding carboxylic acids is 2. The molecule has 2 aliphatic carbocycles. The van der Waals surface area contributed by atoms with Crippen molar-refractivity contribution in [3.8, 4) is 0 Å². The Balaban J connectivity index is 2.12. The molecule has 6 heteroatoms. The minimum atomic E-state index is -0.398. The van der Waals surface area contributed by atoms with Gasteiger partial charge in [-0.25, -0.2) is 0 Å². The first kappa shape index (κ1) is 18.9. The van der Waals surface area contributed by atoms with Crippen molar-refractivity contribution in [2.75, 3.05) is 13.2 Å². The topological polar surface area (TPSA) is 77.3 Å². The fourth-order valence-corrected chi connectivity index (χ4v) is 3.65. The summed E-state index contributed by atoms with van der Waals surface area (Å²) in [5.41, 5.74) is -0.796. The molecule has 136 valence electrons. The van der Waals surface area contributed by atoms with Crippen LogP contribution in [0.2, 0.25) is 0 Å². The van der Waals surface area contributed by atoms with Gasteiger partial charge in [-0.1, -0.05) is 38.5 Å². The van der Waals surface area contributed by atoms with Crippen LogP contribution in [0.5, 0.6) is 0 Å². The van der Waals surface area contributed by atoms with Gasteiger partial charge in [0.15, 0.2) is 0 Å². The number of carbonyl (C=O) groups is 2. The van der Waals surface area contributed by atoms with E-state index in [2.05, 4.69) is 0 Å². The van der Waals surface area contributed by atoms with E-state index >= 15 is 0 Å². The van der Waals surface area contributed by atoms with Gasteiger partial charge < -0.3 is 9.47 Å². The molecule has 0 heterocycles. The Morgan fingerprint density at radius 1 is 0.708 bits per heavy atom. The van der Waals surface area contributed by atoms with E-state index in [4.69, 9.17) is 19.7 Å². The van der Waals surface area contributed by atoms with Gasteiger partial charge >= 0.3 is 11.9 Å². The summed E-state index contributed by atoms with van der Waals surface area (Å²) in [5, 5.41) is 9.43. The molecule has 2 aliphatic rings. The highest BCUT2D eigenvalue weighted by molar-refractivity contribution is 5.66. The summed E-state index contributed by atoms with van der Waals surface area (Å²) in [5.74, 6) is -0.551. The van der Waals surface area contributed by atoms with E-state index in [1.54, 1.807) is 0 Å². The van der Waals surface area contributed by atoms with Gasteiger partial charge in [-0.2, -0.15) is 10.2 Å². The van der Waals surface area contributed by atoms with Crippen LogP contribution < -0.4 is 0 Å². The van der Waals surface area contributed by atoms with Crippen LogP contribution in [-0.4, -0.2) is 36.2 Å². The quantitative estimate of drug-likeness (QED) is 0.542. The van der Waals surface area contributed by atoms with Gasteiger partial charge in [0.2, 0.25) is 0 Å². The number of rotatable bonds is 6. The van der Waals surface area contributed by atoms with E-state index in [9.17, 15) is 9.59 Å². The maximum absolute atomic E-state index is 11.2. The Bertz CT molecular complexity index is 422. The highest BCUT2D eigenvalue weighted by Gasteiger charge is 2.38. The minimum Gasteiger partial charge on any atom is -0.463 e. The van der Waals surface area contributed by atoms with Crippen molar-refractivity contribution in [2.45, 2.75) is 89.1 Å². The van der Waals surface area contributed by atoms with E-state index in [0.29, 0.717) is 13.2 Å². The van der Waals surface area contributed by atoms with Crippen LogP contribution in [0.1, 0.15) is 78.1 Å². The Kier molecular flexibility index (Phi) is 6.75. The van der Waals surface area contributed by atoms with E-state index < -0.39 is 11.1 Å². The lowest BCUT2D eigenvalue weighted by Gasteiger charge is -2.36. The van der Waals surface area contributed by atoms with Crippen molar-refractivity contribution in [2.24, 2.45) is 10.2 Å². The second kappa shape index (κ2) is 8.58. The van der Waals surface area contributed by atoms with Gasteiger partial charge in [-0.15, -0.1) is 0 Å². The molecule has 0 atom stereocenters. The molecule has 2 fully saturated rings. The molecule has 24 heavy (non-hydrogen) atoms. The van der Waals surface area contributed by atoms with Gasteiger partial charge in [0.25, 0.3) is 0 Å². The first-order chi connectivity index (χ1) is 11.5. The zero-order chi connectivity index (χ0) is 17.5. The van der Waals surface area contributed by atoms with E-state index in [0.717, 1.165) is 51.4 Å². The Morgan fingerprint density at radius 3 is 1.33 bits per heavy atom. The molecular weight excluding hydrogens is 308 g/mol. The second-order valence-electron chi connectivity index (χ2n) is 7.33. The summed E-state index contributed by atoms with van der Waals surface area (Å²) in [6, 6.07) is 0. The van der Waals surface area contributed by atoms with Gasteiger partial charge in [0.05, 0.1) is 0 Å². The van der Waals surface area contributed by atoms with Crippen LogP contribution >= 0.6 is 0 Å². The number of hydrogen-bond donors (Lipinski definition) is 0. The van der Waals surface area contributed by atoms with Crippen LogP contribution in [0.25, 0.3) is 0 Å². The maximum Gasteiger partial charge on any atom is 0.302 e. The summed E-state index contributed by atoms with van der Waals surface area (Å²) < 4.78 is 10.6. The lowest BCUT2D eigenvalue weighted by molar-refractivity contribution is -0.144. The second-order valence-corrected chi connectivity index (χ2v) is 7.33. The number of nitrogens with zero attached hydrogens (tertiary/aromatic N) is 2. The van der Waals surface area contributed by atoms with Gasteiger partial charge in [0.1, 0.15) is 24.3 Å². The molecule has 0 saturated heterocycles. The maximum atomic E-state index is 11.2. The Labute approximate surface area is 144 Å². The number of esters is 2. The molecule has 0 amide bonds.